The van der Waals surface area contributed by atoms with Crippen LogP contribution in [0.15, 0.2) is 60.1 Å². The van der Waals surface area contributed by atoms with Gasteiger partial charge >= 0.3 is 0 Å². The van der Waals surface area contributed by atoms with Crippen LogP contribution in [-0.4, -0.2) is 37.8 Å². The van der Waals surface area contributed by atoms with Gasteiger partial charge in [0.2, 0.25) is 0 Å². The van der Waals surface area contributed by atoms with Crippen molar-refractivity contribution >= 4 is 28.9 Å². The zero-order valence-corrected chi connectivity index (χ0v) is 20.2. The third-order valence-corrected chi connectivity index (χ3v) is 6.12. The van der Waals surface area contributed by atoms with Crippen LogP contribution < -0.4 is 4.74 Å². The largest absolute Gasteiger partial charge is 0.490 e. The van der Waals surface area contributed by atoms with Gasteiger partial charge in [0.15, 0.2) is 0 Å². The van der Waals surface area contributed by atoms with E-state index in [1.165, 1.54) is 6.33 Å². The number of aliphatic hydroxyl groups is 1. The molecule has 1 atom stereocenters. The maximum Gasteiger partial charge on any atom is 0.137 e. The fraction of sp³-hybridized carbons (Fsp3) is 0.375. The lowest BCUT2D eigenvalue weighted by Gasteiger charge is -2.39. The van der Waals surface area contributed by atoms with Gasteiger partial charge in [-0.25, -0.2) is 9.67 Å². The van der Waals surface area contributed by atoms with E-state index in [2.05, 4.69) is 15.1 Å². The molecule has 0 amide bonds. The van der Waals surface area contributed by atoms with E-state index >= 15 is 0 Å². The standard InChI is InChI=1S/C24H28Cl2N4O2/c1-17(28-12-19-5-8-20(25)11-22(19)26)18-6-9-21(10-7-18)32-14-24(31,23(2,3)4)13-30-16-27-15-29-30/h5-11,15-16,31H,12-14H2,1-4H3. The van der Waals surface area contributed by atoms with E-state index in [1.807, 2.05) is 58.0 Å². The number of rotatable bonds is 8. The molecule has 0 bridgehead atoms. The van der Waals surface area contributed by atoms with Crippen LogP contribution in [0.25, 0.3) is 0 Å². The van der Waals surface area contributed by atoms with Crippen molar-refractivity contribution in [3.8, 4) is 5.75 Å². The predicted octanol–water partition coefficient (Wildman–Crippen LogP) is 5.45. The van der Waals surface area contributed by atoms with Gasteiger partial charge < -0.3 is 9.84 Å². The zero-order valence-electron chi connectivity index (χ0n) is 18.7. The van der Waals surface area contributed by atoms with Gasteiger partial charge in [0.05, 0.1) is 13.1 Å². The molecule has 1 aromatic heterocycles. The van der Waals surface area contributed by atoms with Crippen molar-refractivity contribution in [2.45, 2.75) is 46.4 Å². The minimum atomic E-state index is -1.13. The molecular formula is C24H28Cl2N4O2. The van der Waals surface area contributed by atoms with Crippen LogP contribution in [0.4, 0.5) is 0 Å². The maximum atomic E-state index is 11.3. The lowest BCUT2D eigenvalue weighted by molar-refractivity contribution is -0.101. The van der Waals surface area contributed by atoms with E-state index in [0.29, 0.717) is 22.3 Å². The Hall–Kier alpha value is -2.41. The summed E-state index contributed by atoms with van der Waals surface area (Å²) in [4.78, 5) is 8.59. The Morgan fingerprint density at radius 2 is 1.84 bits per heavy atom. The molecule has 0 spiro atoms. The van der Waals surface area contributed by atoms with Crippen LogP contribution in [0.3, 0.4) is 0 Å². The summed E-state index contributed by atoms with van der Waals surface area (Å²) in [6.07, 6.45) is 3.04. The van der Waals surface area contributed by atoms with Crippen molar-refractivity contribution in [1.82, 2.24) is 14.8 Å². The molecule has 2 aromatic carbocycles. The first-order valence-electron chi connectivity index (χ1n) is 10.3. The van der Waals surface area contributed by atoms with Gasteiger partial charge in [-0.2, -0.15) is 5.10 Å². The SMILES string of the molecule is CC(=NCc1ccc(Cl)cc1Cl)c1ccc(OCC(O)(Cn2cncn2)C(C)(C)C)cc1. The Bertz CT molecular complexity index is 1060. The minimum Gasteiger partial charge on any atom is -0.490 e. The van der Waals surface area contributed by atoms with Gasteiger partial charge in [-0.15, -0.1) is 0 Å². The highest BCUT2D eigenvalue weighted by atomic mass is 35.5. The lowest BCUT2D eigenvalue weighted by atomic mass is 9.77. The summed E-state index contributed by atoms with van der Waals surface area (Å²) >= 11 is 12.2. The fourth-order valence-corrected chi connectivity index (χ4v) is 3.49. The molecule has 0 fully saturated rings. The van der Waals surface area contributed by atoms with Gasteiger partial charge in [-0.3, -0.25) is 4.99 Å². The van der Waals surface area contributed by atoms with Crippen LogP contribution >= 0.6 is 23.2 Å². The monoisotopic (exact) mass is 474 g/mol. The van der Waals surface area contributed by atoms with Crippen molar-refractivity contribution in [2.75, 3.05) is 6.61 Å². The second-order valence-corrected chi connectivity index (χ2v) is 9.67. The Balaban J connectivity index is 1.65. The number of ether oxygens (including phenoxy) is 1. The van der Waals surface area contributed by atoms with Crippen molar-refractivity contribution in [3.63, 3.8) is 0 Å². The van der Waals surface area contributed by atoms with Gasteiger partial charge in [0.25, 0.3) is 0 Å². The third kappa shape index (κ3) is 6.09. The number of hydrogen-bond acceptors (Lipinski definition) is 5. The van der Waals surface area contributed by atoms with Gasteiger partial charge in [-0.05, 0) is 59.9 Å². The first kappa shape index (κ1) is 24.2. The summed E-state index contributed by atoms with van der Waals surface area (Å²) < 4.78 is 7.57. The highest BCUT2D eigenvalue weighted by molar-refractivity contribution is 6.35. The normalized spacial score (nSPS) is 14.3. The van der Waals surface area contributed by atoms with Crippen molar-refractivity contribution in [3.05, 3.63) is 76.3 Å². The minimum absolute atomic E-state index is 0.123. The van der Waals surface area contributed by atoms with Crippen molar-refractivity contribution in [2.24, 2.45) is 10.4 Å². The molecule has 3 aromatic rings. The smallest absolute Gasteiger partial charge is 0.137 e. The van der Waals surface area contributed by atoms with Crippen LogP contribution in [0.1, 0.15) is 38.8 Å². The molecule has 170 valence electrons. The molecule has 1 unspecified atom stereocenters. The van der Waals surface area contributed by atoms with E-state index in [1.54, 1.807) is 23.1 Å². The molecule has 0 saturated heterocycles. The van der Waals surface area contributed by atoms with Crippen LogP contribution in [0, 0.1) is 5.41 Å². The van der Waals surface area contributed by atoms with Gasteiger partial charge in [-0.1, -0.05) is 50.0 Å². The average Bonchev–Trinajstić information content (AvgIpc) is 3.24. The molecule has 32 heavy (non-hydrogen) atoms. The van der Waals surface area contributed by atoms with Gasteiger partial charge in [0.1, 0.15) is 30.6 Å². The lowest BCUT2D eigenvalue weighted by Crippen LogP contribution is -2.51. The Morgan fingerprint density at radius 1 is 1.12 bits per heavy atom. The molecule has 0 radical (unpaired) electrons. The first-order valence-corrected chi connectivity index (χ1v) is 11.1. The second-order valence-electron chi connectivity index (χ2n) is 8.83. The van der Waals surface area contributed by atoms with Crippen LogP contribution in [0.5, 0.6) is 5.75 Å². The number of benzene rings is 2. The van der Waals surface area contributed by atoms with E-state index in [-0.39, 0.29) is 13.2 Å². The summed E-state index contributed by atoms with van der Waals surface area (Å²) in [5.41, 5.74) is 1.24. The zero-order chi connectivity index (χ0) is 23.4. The molecule has 1 N–H and O–H groups in total. The number of aliphatic imine (C=N–C) groups is 1. The van der Waals surface area contributed by atoms with E-state index in [9.17, 15) is 5.11 Å². The highest BCUT2D eigenvalue weighted by Gasteiger charge is 2.41. The van der Waals surface area contributed by atoms with Crippen molar-refractivity contribution < 1.29 is 9.84 Å². The molecule has 0 aliphatic carbocycles. The van der Waals surface area contributed by atoms with Gasteiger partial charge in [0, 0.05) is 15.8 Å². The molecule has 8 heteroatoms. The number of aromatic nitrogens is 3. The van der Waals surface area contributed by atoms with Crippen molar-refractivity contribution in [1.29, 1.82) is 0 Å². The van der Waals surface area contributed by atoms with E-state index < -0.39 is 11.0 Å². The number of halogens is 2. The summed E-state index contributed by atoms with van der Waals surface area (Å²) in [6.45, 7) is 8.76. The maximum absolute atomic E-state index is 11.3. The number of nitrogens with zero attached hydrogens (tertiary/aromatic N) is 4. The summed E-state index contributed by atoms with van der Waals surface area (Å²) in [7, 11) is 0. The van der Waals surface area contributed by atoms with Crippen LogP contribution in [-0.2, 0) is 13.1 Å². The van der Waals surface area contributed by atoms with E-state index in [0.717, 1.165) is 16.8 Å². The Labute approximate surface area is 198 Å². The Kier molecular flexibility index (Phi) is 7.59. The Morgan fingerprint density at radius 3 is 2.44 bits per heavy atom. The molecular weight excluding hydrogens is 447 g/mol. The van der Waals surface area contributed by atoms with E-state index in [4.69, 9.17) is 27.9 Å². The third-order valence-electron chi connectivity index (χ3n) is 5.54. The topological polar surface area (TPSA) is 72.5 Å². The highest BCUT2D eigenvalue weighted by Crippen LogP contribution is 2.32. The summed E-state index contributed by atoms with van der Waals surface area (Å²) in [6, 6.07) is 13.1. The van der Waals surface area contributed by atoms with Crippen LogP contribution in [0.2, 0.25) is 10.0 Å². The molecule has 0 saturated carbocycles. The quantitative estimate of drug-likeness (QED) is 0.440. The second kappa shape index (κ2) is 10.0. The fourth-order valence-electron chi connectivity index (χ4n) is 3.02. The average molecular weight is 475 g/mol. The number of hydrogen-bond donors (Lipinski definition) is 1. The predicted molar refractivity (Wildman–Crippen MR) is 129 cm³/mol. The molecule has 0 aliphatic rings. The first-order chi connectivity index (χ1) is 15.1. The molecule has 3 rings (SSSR count). The molecule has 6 nitrogen and oxygen atoms in total. The summed E-state index contributed by atoms with van der Waals surface area (Å²) in [5, 5.41) is 16.6. The summed E-state index contributed by atoms with van der Waals surface area (Å²) in [5.74, 6) is 0.670. The molecule has 1 heterocycles. The molecule has 0 aliphatic heterocycles.